The van der Waals surface area contributed by atoms with Gasteiger partial charge in [0.05, 0.1) is 18.6 Å². The molecule has 0 atom stereocenters. The minimum Gasteiger partial charge on any atom is -0.462 e. The number of carbonyl (C=O) groups excluding carboxylic acids is 2. The lowest BCUT2D eigenvalue weighted by Crippen LogP contribution is -2.37. The summed E-state index contributed by atoms with van der Waals surface area (Å²) in [5.41, 5.74) is 0.370. The summed E-state index contributed by atoms with van der Waals surface area (Å²) >= 11 is 1.00. The van der Waals surface area contributed by atoms with Crippen LogP contribution in [0.5, 0.6) is 0 Å². The third kappa shape index (κ3) is 4.07. The molecule has 4 rings (SSSR count). The number of benzene rings is 1. The number of carbonyl (C=O) groups is 2. The number of thiazole rings is 1. The van der Waals surface area contributed by atoms with Crippen LogP contribution in [0.4, 0.5) is 5.13 Å². The van der Waals surface area contributed by atoms with Gasteiger partial charge in [0, 0.05) is 19.7 Å². The van der Waals surface area contributed by atoms with Gasteiger partial charge in [0.2, 0.25) is 5.91 Å². The number of rotatable bonds is 6. The van der Waals surface area contributed by atoms with E-state index in [-0.39, 0.29) is 34.3 Å². The quantitative estimate of drug-likeness (QED) is 0.423. The zero-order valence-corrected chi connectivity index (χ0v) is 18.9. The van der Waals surface area contributed by atoms with Gasteiger partial charge in [-0.15, -0.1) is 0 Å². The molecule has 0 aliphatic rings. The van der Waals surface area contributed by atoms with E-state index in [2.05, 4.69) is 15.3 Å². The van der Waals surface area contributed by atoms with Crippen LogP contribution in [0.2, 0.25) is 0 Å². The second kappa shape index (κ2) is 8.82. The van der Waals surface area contributed by atoms with Crippen LogP contribution in [0.25, 0.3) is 22.4 Å². The lowest BCUT2D eigenvalue weighted by atomic mass is 10.1. The summed E-state index contributed by atoms with van der Waals surface area (Å²) in [5, 5.41) is 2.88. The molecule has 0 bridgehead atoms. The molecular formula is C21H20N6O5S. The van der Waals surface area contributed by atoms with Crippen LogP contribution < -0.4 is 16.6 Å². The maximum atomic E-state index is 12.7. The van der Waals surface area contributed by atoms with Crippen LogP contribution in [-0.4, -0.2) is 42.2 Å². The summed E-state index contributed by atoms with van der Waals surface area (Å²) in [5.74, 6) is -1.01. The van der Waals surface area contributed by atoms with E-state index in [1.54, 1.807) is 19.1 Å². The molecule has 0 unspecified atom stereocenters. The Morgan fingerprint density at radius 3 is 2.55 bits per heavy atom. The number of hydrogen-bond donors (Lipinski definition) is 1. The largest absolute Gasteiger partial charge is 0.462 e. The fraction of sp³-hybridized carbons (Fsp3) is 0.238. The van der Waals surface area contributed by atoms with Crippen molar-refractivity contribution >= 4 is 39.5 Å². The zero-order chi connectivity index (χ0) is 23.7. The molecule has 0 radical (unpaired) electrons. The molecule has 0 saturated carbocycles. The molecule has 33 heavy (non-hydrogen) atoms. The Morgan fingerprint density at radius 2 is 1.85 bits per heavy atom. The Labute approximate surface area is 190 Å². The predicted octanol–water partition coefficient (Wildman–Crippen LogP) is 1.37. The van der Waals surface area contributed by atoms with Gasteiger partial charge in [0.25, 0.3) is 5.56 Å². The molecule has 4 aromatic rings. The summed E-state index contributed by atoms with van der Waals surface area (Å²) in [6.45, 7) is 1.68. The smallest absolute Gasteiger partial charge is 0.350 e. The lowest BCUT2D eigenvalue weighted by Gasteiger charge is -2.06. The van der Waals surface area contributed by atoms with E-state index in [1.165, 1.54) is 29.6 Å². The summed E-state index contributed by atoms with van der Waals surface area (Å²) in [7, 11) is 2.86. The highest BCUT2D eigenvalue weighted by molar-refractivity contribution is 7.18. The number of aryl methyl sites for hydroxylation is 1. The molecule has 0 aliphatic heterocycles. The SMILES string of the molecule is CCOC(=O)c1sc(NC(=O)Cn2cnc3c2c(=O)n(C)c(=O)n3C)nc1-c1ccccc1. The van der Waals surface area contributed by atoms with Crippen molar-refractivity contribution in [1.29, 1.82) is 0 Å². The number of esters is 1. The molecule has 3 heterocycles. The van der Waals surface area contributed by atoms with Gasteiger partial charge in [-0.1, -0.05) is 41.7 Å². The Kier molecular flexibility index (Phi) is 5.92. The molecule has 3 aromatic heterocycles. The summed E-state index contributed by atoms with van der Waals surface area (Å²) < 4.78 is 8.69. The minimum atomic E-state index is -0.552. The average Bonchev–Trinajstić information content (AvgIpc) is 3.41. The highest BCUT2D eigenvalue weighted by Gasteiger charge is 2.22. The average molecular weight is 468 g/mol. The Hall–Kier alpha value is -4.06. The molecule has 1 N–H and O–H groups in total. The molecule has 11 nitrogen and oxygen atoms in total. The fourth-order valence-corrected chi connectivity index (χ4v) is 4.23. The fourth-order valence-electron chi connectivity index (χ4n) is 3.33. The standard InChI is InChI=1S/C21H20N6O5S/c1-4-32-19(30)16-14(12-8-6-5-7-9-12)24-20(33-16)23-13(28)10-27-11-22-17-15(27)18(29)26(3)21(31)25(17)2/h5-9,11H,4,10H2,1-3H3,(H,23,24,28). The maximum absolute atomic E-state index is 12.7. The third-order valence-corrected chi connectivity index (χ3v) is 5.86. The van der Waals surface area contributed by atoms with Gasteiger partial charge in [-0.2, -0.15) is 0 Å². The minimum absolute atomic E-state index is 0.131. The van der Waals surface area contributed by atoms with E-state index < -0.39 is 23.1 Å². The van der Waals surface area contributed by atoms with Crippen molar-refractivity contribution in [2.24, 2.45) is 14.1 Å². The second-order valence-corrected chi connectivity index (χ2v) is 8.08. The van der Waals surface area contributed by atoms with Crippen molar-refractivity contribution in [3.8, 4) is 11.3 Å². The molecule has 0 saturated heterocycles. The van der Waals surface area contributed by atoms with Gasteiger partial charge in [-0.05, 0) is 6.92 Å². The first-order chi connectivity index (χ1) is 15.8. The monoisotopic (exact) mass is 468 g/mol. The second-order valence-electron chi connectivity index (χ2n) is 7.08. The number of nitrogens with zero attached hydrogens (tertiary/aromatic N) is 5. The first-order valence-electron chi connectivity index (χ1n) is 9.95. The highest BCUT2D eigenvalue weighted by atomic mass is 32.1. The van der Waals surface area contributed by atoms with Crippen LogP contribution in [0, 0.1) is 0 Å². The summed E-state index contributed by atoms with van der Waals surface area (Å²) in [6, 6.07) is 9.10. The maximum Gasteiger partial charge on any atom is 0.350 e. The number of hydrogen-bond acceptors (Lipinski definition) is 8. The Bertz CT molecular complexity index is 1480. The lowest BCUT2D eigenvalue weighted by molar-refractivity contribution is -0.116. The van der Waals surface area contributed by atoms with Crippen LogP contribution in [0.1, 0.15) is 16.6 Å². The molecule has 12 heteroatoms. The third-order valence-electron chi connectivity index (χ3n) is 4.91. The Balaban J connectivity index is 1.64. The molecule has 1 aromatic carbocycles. The van der Waals surface area contributed by atoms with E-state index in [0.29, 0.717) is 11.3 Å². The van der Waals surface area contributed by atoms with Gasteiger partial charge in [-0.3, -0.25) is 18.7 Å². The van der Waals surface area contributed by atoms with E-state index in [1.807, 2.05) is 18.2 Å². The van der Waals surface area contributed by atoms with Gasteiger partial charge in [0.1, 0.15) is 11.4 Å². The van der Waals surface area contributed by atoms with Gasteiger partial charge < -0.3 is 14.6 Å². The number of fused-ring (bicyclic) bond motifs is 1. The number of ether oxygens (including phenoxy) is 1. The topological polar surface area (TPSA) is 130 Å². The molecule has 0 spiro atoms. The molecule has 170 valence electrons. The molecule has 1 amide bonds. The number of imidazole rings is 1. The van der Waals surface area contributed by atoms with Crippen LogP contribution >= 0.6 is 11.3 Å². The number of aromatic nitrogens is 5. The van der Waals surface area contributed by atoms with Crippen molar-refractivity contribution in [3.05, 3.63) is 62.4 Å². The first kappa shape index (κ1) is 22.1. The van der Waals surface area contributed by atoms with Crippen molar-refractivity contribution in [3.63, 3.8) is 0 Å². The van der Waals surface area contributed by atoms with Crippen molar-refractivity contribution < 1.29 is 14.3 Å². The van der Waals surface area contributed by atoms with E-state index in [9.17, 15) is 19.2 Å². The van der Waals surface area contributed by atoms with Crippen molar-refractivity contribution in [2.45, 2.75) is 13.5 Å². The molecule has 0 fully saturated rings. The number of nitrogens with one attached hydrogen (secondary N) is 1. The predicted molar refractivity (Wildman–Crippen MR) is 122 cm³/mol. The van der Waals surface area contributed by atoms with Gasteiger partial charge >= 0.3 is 11.7 Å². The summed E-state index contributed by atoms with van der Waals surface area (Å²) in [4.78, 5) is 58.6. The zero-order valence-electron chi connectivity index (χ0n) is 18.1. The van der Waals surface area contributed by atoms with Crippen LogP contribution in [-0.2, 0) is 30.2 Å². The highest BCUT2D eigenvalue weighted by Crippen LogP contribution is 2.31. The Morgan fingerprint density at radius 1 is 1.12 bits per heavy atom. The van der Waals surface area contributed by atoms with Crippen molar-refractivity contribution in [2.75, 3.05) is 11.9 Å². The van der Waals surface area contributed by atoms with Crippen LogP contribution in [0.15, 0.2) is 46.2 Å². The van der Waals surface area contributed by atoms with Gasteiger partial charge in [-0.25, -0.2) is 19.6 Å². The van der Waals surface area contributed by atoms with E-state index in [0.717, 1.165) is 15.9 Å². The number of amides is 1. The van der Waals surface area contributed by atoms with E-state index in [4.69, 9.17) is 4.74 Å². The van der Waals surface area contributed by atoms with Crippen molar-refractivity contribution in [1.82, 2.24) is 23.7 Å². The molecular weight excluding hydrogens is 448 g/mol. The molecule has 0 aliphatic carbocycles. The van der Waals surface area contributed by atoms with Gasteiger partial charge in [0.15, 0.2) is 16.3 Å². The first-order valence-corrected chi connectivity index (χ1v) is 10.8. The summed E-state index contributed by atoms with van der Waals surface area (Å²) in [6.07, 6.45) is 1.33. The van der Waals surface area contributed by atoms with Crippen LogP contribution in [0.3, 0.4) is 0 Å². The number of anilines is 1. The normalized spacial score (nSPS) is 11.0. The van der Waals surface area contributed by atoms with E-state index >= 15 is 0 Å².